The van der Waals surface area contributed by atoms with Gasteiger partial charge in [-0.05, 0) is 49.7 Å². The van der Waals surface area contributed by atoms with Crippen molar-refractivity contribution in [1.29, 1.82) is 0 Å². The van der Waals surface area contributed by atoms with Crippen molar-refractivity contribution in [3.8, 4) is 5.75 Å². The van der Waals surface area contributed by atoms with Gasteiger partial charge in [-0.25, -0.2) is 14.5 Å². The zero-order chi connectivity index (χ0) is 32.2. The molecule has 2 heterocycles. The maximum absolute atomic E-state index is 13.5. The van der Waals surface area contributed by atoms with Gasteiger partial charge in [-0.1, -0.05) is 0 Å². The molecule has 1 N–H and O–H groups in total. The summed E-state index contributed by atoms with van der Waals surface area (Å²) in [5, 5.41) is 2.40. The van der Waals surface area contributed by atoms with Gasteiger partial charge in [0.15, 0.2) is 5.75 Å². The number of aromatic nitrogens is 1. The van der Waals surface area contributed by atoms with Crippen molar-refractivity contribution in [3.63, 3.8) is 0 Å². The molecule has 1 aromatic carbocycles. The normalized spacial score (nSPS) is 15.1. The first-order valence-corrected chi connectivity index (χ1v) is 12.2. The summed E-state index contributed by atoms with van der Waals surface area (Å²) in [5.74, 6) is -6.25. The summed E-state index contributed by atoms with van der Waals surface area (Å²) >= 11 is 0. The molecular weight excluding hydrogens is 596 g/mol. The van der Waals surface area contributed by atoms with Crippen LogP contribution in [0, 0.1) is 0 Å². The Bertz CT molecular complexity index is 1350. The maximum atomic E-state index is 13.5. The van der Waals surface area contributed by atoms with Crippen molar-refractivity contribution in [3.05, 3.63) is 48.3 Å². The third-order valence-corrected chi connectivity index (χ3v) is 5.95. The van der Waals surface area contributed by atoms with Gasteiger partial charge >= 0.3 is 24.5 Å². The number of methoxy groups -OCH3 is 1. The van der Waals surface area contributed by atoms with Crippen LogP contribution in [-0.2, 0) is 30.5 Å². The summed E-state index contributed by atoms with van der Waals surface area (Å²) < 4.78 is 87.8. The van der Waals surface area contributed by atoms with E-state index in [9.17, 15) is 45.5 Å². The third kappa shape index (κ3) is 7.89. The molecule has 0 spiro atoms. The number of hydrogen-bond donors (Lipinski definition) is 1. The first kappa shape index (κ1) is 33.1. The van der Waals surface area contributed by atoms with Crippen LogP contribution in [0.5, 0.6) is 5.75 Å². The van der Waals surface area contributed by atoms with Gasteiger partial charge < -0.3 is 24.5 Å². The number of nitrogens with one attached hydrogen (secondary N) is 1. The number of imide groups is 1. The molecule has 3 rings (SSSR count). The Kier molecular flexibility index (Phi) is 9.86. The van der Waals surface area contributed by atoms with Gasteiger partial charge in [0, 0.05) is 32.6 Å². The summed E-state index contributed by atoms with van der Waals surface area (Å²) in [4.78, 5) is 60.9. The Morgan fingerprint density at radius 2 is 1.70 bits per heavy atom. The molecule has 0 saturated carbocycles. The van der Waals surface area contributed by atoms with Gasteiger partial charge in [0.25, 0.3) is 11.8 Å². The Balaban J connectivity index is 2.10. The second-order valence-corrected chi connectivity index (χ2v) is 9.36. The molecule has 4 amide bonds. The number of carbonyl (C=O) groups excluding carboxylic acids is 4. The number of rotatable bonds is 10. The van der Waals surface area contributed by atoms with Crippen LogP contribution < -0.4 is 20.0 Å². The molecule has 0 radical (unpaired) electrons. The molecule has 12 nitrogen and oxygen atoms in total. The fourth-order valence-electron chi connectivity index (χ4n) is 3.83. The molecule has 0 unspecified atom stereocenters. The van der Waals surface area contributed by atoms with Crippen molar-refractivity contribution in [1.82, 2.24) is 15.2 Å². The van der Waals surface area contributed by atoms with Crippen LogP contribution in [0.2, 0.25) is 0 Å². The lowest BCUT2D eigenvalue weighted by Gasteiger charge is -2.27. The molecule has 1 aliphatic heterocycles. The second-order valence-electron chi connectivity index (χ2n) is 9.36. The van der Waals surface area contributed by atoms with Crippen molar-refractivity contribution >= 4 is 35.2 Å². The molecule has 2 aromatic rings. The van der Waals surface area contributed by atoms with E-state index in [-0.39, 0.29) is 24.8 Å². The van der Waals surface area contributed by atoms with Crippen LogP contribution in [0.3, 0.4) is 0 Å². The van der Waals surface area contributed by atoms with Gasteiger partial charge in [0.2, 0.25) is 0 Å². The quantitative estimate of drug-likeness (QED) is 0.184. The van der Waals surface area contributed by atoms with Crippen LogP contribution in [0.15, 0.2) is 42.7 Å². The highest BCUT2D eigenvalue weighted by molar-refractivity contribution is 6.23. The highest BCUT2D eigenvalue weighted by Crippen LogP contribution is 2.42. The number of pyridine rings is 1. The van der Waals surface area contributed by atoms with Gasteiger partial charge in [-0.3, -0.25) is 14.6 Å². The number of urea groups is 1. The van der Waals surface area contributed by atoms with Crippen LogP contribution in [0.1, 0.15) is 19.4 Å². The Morgan fingerprint density at radius 1 is 1.05 bits per heavy atom. The van der Waals surface area contributed by atoms with E-state index >= 15 is 0 Å². The van der Waals surface area contributed by atoms with Crippen LogP contribution in [-0.4, -0.2) is 78.6 Å². The molecule has 18 heteroatoms. The standard InChI is InChI=1S/C25H25F6N5O7/c1-23(2)20(38)35(22(40)34(23)14-15-6-8-32-9-7-15)17-12-16(4-5-18(17)42-25(29,30)31)36(43-21(39)24(26,27)28)19(37)13-33-10-11-41-3/h4-9,12,33H,10-11,13-14H2,1-3H3. The number of carbonyl (C=O) groups is 4. The topological polar surface area (TPSA) is 131 Å². The highest BCUT2D eigenvalue weighted by Gasteiger charge is 2.53. The molecule has 0 atom stereocenters. The average molecular weight is 621 g/mol. The lowest BCUT2D eigenvalue weighted by molar-refractivity contribution is -0.274. The minimum atomic E-state index is -5.57. The van der Waals surface area contributed by atoms with E-state index in [4.69, 9.17) is 4.74 Å². The molecule has 234 valence electrons. The summed E-state index contributed by atoms with van der Waals surface area (Å²) in [6, 6.07) is 3.77. The fraction of sp³-hybridized carbons (Fsp3) is 0.400. The predicted molar refractivity (Wildman–Crippen MR) is 134 cm³/mol. The van der Waals surface area contributed by atoms with Gasteiger partial charge in [0.1, 0.15) is 5.54 Å². The van der Waals surface area contributed by atoms with Gasteiger partial charge in [-0.2, -0.15) is 13.2 Å². The van der Waals surface area contributed by atoms with E-state index < -0.39 is 65.6 Å². The minimum absolute atomic E-state index is 0.0477. The Morgan fingerprint density at radius 3 is 2.28 bits per heavy atom. The smallest absolute Gasteiger partial charge is 0.404 e. The first-order chi connectivity index (χ1) is 20.0. The van der Waals surface area contributed by atoms with Crippen molar-refractivity contribution in [2.45, 2.75) is 38.5 Å². The minimum Gasteiger partial charge on any atom is -0.404 e. The molecule has 0 aliphatic carbocycles. The molecule has 43 heavy (non-hydrogen) atoms. The van der Waals surface area contributed by atoms with Crippen LogP contribution in [0.25, 0.3) is 0 Å². The zero-order valence-corrected chi connectivity index (χ0v) is 22.8. The summed E-state index contributed by atoms with van der Waals surface area (Å²) in [7, 11) is 1.34. The number of anilines is 2. The number of hydrogen-bond acceptors (Lipinski definition) is 9. The molecule has 0 bridgehead atoms. The maximum Gasteiger partial charge on any atom is 0.573 e. The number of ether oxygens (including phenoxy) is 2. The van der Waals surface area contributed by atoms with Crippen LogP contribution >= 0.6 is 0 Å². The Hall–Kier alpha value is -4.45. The van der Waals surface area contributed by atoms with Crippen LogP contribution in [0.4, 0.5) is 42.5 Å². The zero-order valence-electron chi connectivity index (χ0n) is 22.8. The molecular formula is C25H25F6N5O7. The van der Waals surface area contributed by atoms with E-state index in [0.29, 0.717) is 28.7 Å². The summed E-state index contributed by atoms with van der Waals surface area (Å²) in [6.45, 7) is 1.91. The summed E-state index contributed by atoms with van der Waals surface area (Å²) in [6.07, 6.45) is -8.07. The fourth-order valence-corrected chi connectivity index (χ4v) is 3.83. The lowest BCUT2D eigenvalue weighted by atomic mass is 10.0. The summed E-state index contributed by atoms with van der Waals surface area (Å²) in [5.41, 5.74) is -2.73. The number of benzene rings is 1. The number of amides is 4. The Labute approximate surface area is 240 Å². The number of halogens is 6. The van der Waals surface area contributed by atoms with E-state index in [1.807, 2.05) is 0 Å². The van der Waals surface area contributed by atoms with E-state index in [0.717, 1.165) is 4.90 Å². The molecule has 1 saturated heterocycles. The second kappa shape index (κ2) is 12.8. The molecule has 1 aliphatic rings. The number of alkyl halides is 6. The van der Waals surface area contributed by atoms with E-state index in [1.165, 1.54) is 45.5 Å². The lowest BCUT2D eigenvalue weighted by Crippen LogP contribution is -2.43. The SMILES string of the molecule is COCCNCC(=O)N(OC(=O)C(F)(F)F)c1ccc(OC(F)(F)F)c(N2C(=O)N(Cc3ccncc3)C(C)(C)C2=O)c1. The predicted octanol–water partition coefficient (Wildman–Crippen LogP) is 3.32. The van der Waals surface area contributed by atoms with E-state index in [2.05, 4.69) is 19.9 Å². The van der Waals surface area contributed by atoms with Crippen molar-refractivity contribution < 1.29 is 59.8 Å². The van der Waals surface area contributed by atoms with Crippen molar-refractivity contribution in [2.75, 3.05) is 36.8 Å². The van der Waals surface area contributed by atoms with Gasteiger partial charge in [-0.15, -0.1) is 18.2 Å². The largest absolute Gasteiger partial charge is 0.573 e. The number of nitrogens with zero attached hydrogens (tertiary/aromatic N) is 4. The monoisotopic (exact) mass is 621 g/mol. The van der Waals surface area contributed by atoms with E-state index in [1.54, 1.807) is 0 Å². The molecule has 1 fully saturated rings. The van der Waals surface area contributed by atoms with Crippen molar-refractivity contribution in [2.24, 2.45) is 0 Å². The first-order valence-electron chi connectivity index (χ1n) is 12.2. The number of hydroxylamine groups is 1. The molecule has 1 aromatic heterocycles. The average Bonchev–Trinajstić information content (AvgIpc) is 3.08. The van der Waals surface area contributed by atoms with Gasteiger partial charge in [0.05, 0.1) is 24.5 Å². The highest BCUT2D eigenvalue weighted by atomic mass is 19.4. The third-order valence-electron chi connectivity index (χ3n) is 5.95.